The molecule has 0 radical (unpaired) electrons. The van der Waals surface area contributed by atoms with Crippen LogP contribution in [0.3, 0.4) is 0 Å². The van der Waals surface area contributed by atoms with E-state index in [2.05, 4.69) is 21.8 Å². The van der Waals surface area contributed by atoms with Crippen molar-refractivity contribution in [2.24, 2.45) is 0 Å². The maximum absolute atomic E-state index is 12.3. The quantitative estimate of drug-likeness (QED) is 0.844. The Kier molecular flexibility index (Phi) is 5.35. The SMILES string of the molecule is CCN1CCN(C(=O)CCc2nc(-c3cccnc3)cs2)CC1. The third-order valence-electron chi connectivity index (χ3n) is 4.23. The number of piperazine rings is 1. The van der Waals surface area contributed by atoms with Gasteiger partial charge in [-0.25, -0.2) is 4.98 Å². The molecular weight excluding hydrogens is 308 g/mol. The second-order valence-corrected chi connectivity index (χ2v) is 6.63. The summed E-state index contributed by atoms with van der Waals surface area (Å²) in [6, 6.07) is 3.91. The fourth-order valence-corrected chi connectivity index (χ4v) is 3.57. The molecule has 0 aromatic carbocycles. The molecule has 1 fully saturated rings. The summed E-state index contributed by atoms with van der Waals surface area (Å²) in [7, 11) is 0. The van der Waals surface area contributed by atoms with Crippen LogP contribution < -0.4 is 0 Å². The highest BCUT2D eigenvalue weighted by atomic mass is 32.1. The van der Waals surface area contributed by atoms with Gasteiger partial charge in [0.25, 0.3) is 0 Å². The van der Waals surface area contributed by atoms with Crippen LogP contribution in [-0.2, 0) is 11.2 Å². The maximum atomic E-state index is 12.3. The molecule has 5 nitrogen and oxygen atoms in total. The monoisotopic (exact) mass is 330 g/mol. The summed E-state index contributed by atoms with van der Waals surface area (Å²) in [6.45, 7) is 6.92. The fourth-order valence-electron chi connectivity index (χ4n) is 2.76. The van der Waals surface area contributed by atoms with E-state index in [0.717, 1.165) is 55.4 Å². The molecule has 0 aliphatic carbocycles. The first-order valence-corrected chi connectivity index (χ1v) is 8.99. The van der Waals surface area contributed by atoms with Crippen LogP contribution in [0.25, 0.3) is 11.3 Å². The lowest BCUT2D eigenvalue weighted by Crippen LogP contribution is -2.48. The van der Waals surface area contributed by atoms with Crippen molar-refractivity contribution in [3.8, 4) is 11.3 Å². The summed E-state index contributed by atoms with van der Waals surface area (Å²) in [4.78, 5) is 25.4. The number of amides is 1. The molecule has 1 aliphatic rings. The Labute approximate surface area is 141 Å². The van der Waals surface area contributed by atoms with E-state index in [1.54, 1.807) is 17.5 Å². The molecule has 0 N–H and O–H groups in total. The van der Waals surface area contributed by atoms with E-state index < -0.39 is 0 Å². The number of aromatic nitrogens is 2. The van der Waals surface area contributed by atoms with Gasteiger partial charge in [-0.05, 0) is 18.7 Å². The predicted molar refractivity (Wildman–Crippen MR) is 92.4 cm³/mol. The van der Waals surface area contributed by atoms with E-state index in [0.29, 0.717) is 6.42 Å². The van der Waals surface area contributed by atoms with Gasteiger partial charge in [-0.2, -0.15) is 0 Å². The second-order valence-electron chi connectivity index (χ2n) is 5.68. The minimum absolute atomic E-state index is 0.249. The molecule has 0 saturated carbocycles. The third kappa shape index (κ3) is 4.14. The van der Waals surface area contributed by atoms with E-state index in [4.69, 9.17) is 0 Å². The van der Waals surface area contributed by atoms with Gasteiger partial charge in [-0.1, -0.05) is 6.92 Å². The molecule has 0 unspecified atom stereocenters. The lowest BCUT2D eigenvalue weighted by molar-refractivity contribution is -0.132. The Morgan fingerprint density at radius 3 is 2.83 bits per heavy atom. The molecule has 122 valence electrons. The van der Waals surface area contributed by atoms with E-state index >= 15 is 0 Å². The topological polar surface area (TPSA) is 49.3 Å². The van der Waals surface area contributed by atoms with Crippen molar-refractivity contribution in [3.63, 3.8) is 0 Å². The molecule has 0 bridgehead atoms. The van der Waals surface area contributed by atoms with Gasteiger partial charge in [-0.15, -0.1) is 11.3 Å². The standard InChI is InChI=1S/C17H22N4OS/c1-2-20-8-10-21(11-9-20)17(22)6-5-16-19-15(13-23-16)14-4-3-7-18-12-14/h3-4,7,12-13H,2,5-6,8-11H2,1H3. The molecule has 23 heavy (non-hydrogen) atoms. The largest absolute Gasteiger partial charge is 0.340 e. The number of hydrogen-bond acceptors (Lipinski definition) is 5. The smallest absolute Gasteiger partial charge is 0.223 e. The lowest BCUT2D eigenvalue weighted by Gasteiger charge is -2.34. The van der Waals surface area contributed by atoms with Crippen molar-refractivity contribution in [1.29, 1.82) is 0 Å². The first kappa shape index (κ1) is 16.1. The number of carbonyl (C=O) groups excluding carboxylic acids is 1. The minimum Gasteiger partial charge on any atom is -0.340 e. The third-order valence-corrected chi connectivity index (χ3v) is 5.14. The summed E-state index contributed by atoms with van der Waals surface area (Å²) in [5.41, 5.74) is 1.97. The summed E-state index contributed by atoms with van der Waals surface area (Å²) >= 11 is 1.62. The van der Waals surface area contributed by atoms with Gasteiger partial charge in [-0.3, -0.25) is 9.78 Å². The number of rotatable bonds is 5. The van der Waals surface area contributed by atoms with Gasteiger partial charge in [0.05, 0.1) is 10.7 Å². The first-order valence-electron chi connectivity index (χ1n) is 8.11. The molecule has 2 aromatic rings. The Bertz CT molecular complexity index is 635. The van der Waals surface area contributed by atoms with Crippen LogP contribution in [0.4, 0.5) is 0 Å². The summed E-state index contributed by atoms with van der Waals surface area (Å²) < 4.78 is 0. The van der Waals surface area contributed by atoms with E-state index in [1.807, 2.05) is 28.6 Å². The Morgan fingerprint density at radius 2 is 2.13 bits per heavy atom. The van der Waals surface area contributed by atoms with Crippen LogP contribution in [0.2, 0.25) is 0 Å². The Hall–Kier alpha value is -1.79. The average Bonchev–Trinajstić information content (AvgIpc) is 3.09. The number of nitrogens with zero attached hydrogens (tertiary/aromatic N) is 4. The number of carbonyl (C=O) groups is 1. The first-order chi connectivity index (χ1) is 11.3. The molecule has 3 heterocycles. The summed E-state index contributed by atoms with van der Waals surface area (Å²) in [5.74, 6) is 0.249. The van der Waals surface area contributed by atoms with Crippen LogP contribution in [0.5, 0.6) is 0 Å². The van der Waals surface area contributed by atoms with Crippen molar-refractivity contribution in [2.45, 2.75) is 19.8 Å². The highest BCUT2D eigenvalue weighted by molar-refractivity contribution is 7.09. The maximum Gasteiger partial charge on any atom is 0.223 e. The van der Waals surface area contributed by atoms with Crippen molar-refractivity contribution < 1.29 is 4.79 Å². The van der Waals surface area contributed by atoms with Crippen LogP contribution in [0.15, 0.2) is 29.9 Å². The van der Waals surface area contributed by atoms with Gasteiger partial charge in [0.2, 0.25) is 5.91 Å². The summed E-state index contributed by atoms with van der Waals surface area (Å²) in [6.07, 6.45) is 4.84. The molecule has 0 atom stereocenters. The van der Waals surface area contributed by atoms with Gasteiger partial charge in [0, 0.05) is 62.4 Å². The molecule has 3 rings (SSSR count). The highest BCUT2D eigenvalue weighted by Gasteiger charge is 2.20. The van der Waals surface area contributed by atoms with Crippen LogP contribution in [-0.4, -0.2) is 58.4 Å². The molecule has 1 amide bonds. The highest BCUT2D eigenvalue weighted by Crippen LogP contribution is 2.21. The zero-order chi connectivity index (χ0) is 16.1. The van der Waals surface area contributed by atoms with Crippen LogP contribution in [0.1, 0.15) is 18.4 Å². The van der Waals surface area contributed by atoms with Gasteiger partial charge in [0.15, 0.2) is 0 Å². The normalized spacial score (nSPS) is 15.8. The minimum atomic E-state index is 0.249. The van der Waals surface area contributed by atoms with Crippen molar-refractivity contribution in [2.75, 3.05) is 32.7 Å². The predicted octanol–water partition coefficient (Wildman–Crippen LogP) is 2.30. The Morgan fingerprint density at radius 1 is 1.30 bits per heavy atom. The molecule has 1 saturated heterocycles. The van der Waals surface area contributed by atoms with Crippen molar-refractivity contribution in [3.05, 3.63) is 34.9 Å². The van der Waals surface area contributed by atoms with Crippen molar-refractivity contribution in [1.82, 2.24) is 19.8 Å². The van der Waals surface area contributed by atoms with Gasteiger partial charge < -0.3 is 9.80 Å². The molecule has 0 spiro atoms. The number of likely N-dealkylation sites (N-methyl/N-ethyl adjacent to an activating group) is 1. The number of pyridine rings is 1. The van der Waals surface area contributed by atoms with Crippen LogP contribution >= 0.6 is 11.3 Å². The lowest BCUT2D eigenvalue weighted by atomic mass is 10.2. The van der Waals surface area contributed by atoms with E-state index in [1.165, 1.54) is 0 Å². The number of hydrogen-bond donors (Lipinski definition) is 0. The van der Waals surface area contributed by atoms with Gasteiger partial charge >= 0.3 is 0 Å². The average molecular weight is 330 g/mol. The number of thiazole rings is 1. The van der Waals surface area contributed by atoms with Crippen LogP contribution in [0, 0.1) is 0 Å². The molecule has 1 aliphatic heterocycles. The van der Waals surface area contributed by atoms with Gasteiger partial charge in [0.1, 0.15) is 0 Å². The van der Waals surface area contributed by atoms with Crippen molar-refractivity contribution >= 4 is 17.2 Å². The second kappa shape index (κ2) is 7.66. The fraction of sp³-hybridized carbons (Fsp3) is 0.471. The summed E-state index contributed by atoms with van der Waals surface area (Å²) in [5, 5.41) is 3.06. The van der Waals surface area contributed by atoms with E-state index in [9.17, 15) is 4.79 Å². The Balaban J connectivity index is 1.51. The van der Waals surface area contributed by atoms with E-state index in [-0.39, 0.29) is 5.91 Å². The molecule has 2 aromatic heterocycles. The zero-order valence-corrected chi connectivity index (χ0v) is 14.3. The number of aryl methyl sites for hydroxylation is 1. The molecule has 6 heteroatoms. The zero-order valence-electron chi connectivity index (χ0n) is 13.4. The molecular formula is C17H22N4OS.